The summed E-state index contributed by atoms with van der Waals surface area (Å²) in [7, 11) is 1.54. The number of ether oxygens (including phenoxy) is 1. The number of H-pyrrole nitrogens is 1. The van der Waals surface area contributed by atoms with Gasteiger partial charge in [-0.1, -0.05) is 18.2 Å². The van der Waals surface area contributed by atoms with Crippen molar-refractivity contribution in [1.82, 2.24) is 14.9 Å². The second kappa shape index (κ2) is 6.05. The Morgan fingerprint density at radius 1 is 1.24 bits per heavy atom. The number of amides is 1. The number of para-hydroxylation sites is 1. The highest BCUT2D eigenvalue weighted by Crippen LogP contribution is 2.25. The van der Waals surface area contributed by atoms with Crippen molar-refractivity contribution in [1.29, 1.82) is 0 Å². The fourth-order valence-corrected chi connectivity index (χ4v) is 3.24. The molecule has 6 heteroatoms. The number of nitrogens with zero attached hydrogens (tertiary/aromatic N) is 2. The molecular formula is C19H17N3O3. The van der Waals surface area contributed by atoms with Gasteiger partial charge in [0.25, 0.3) is 5.91 Å². The van der Waals surface area contributed by atoms with Crippen LogP contribution >= 0.6 is 0 Å². The molecule has 1 aliphatic rings. The third-order valence-corrected chi connectivity index (χ3v) is 4.54. The highest BCUT2D eigenvalue weighted by atomic mass is 16.5. The Morgan fingerprint density at radius 3 is 2.92 bits per heavy atom. The fraction of sp³-hybridized carbons (Fsp3) is 0.211. The Hall–Kier alpha value is -3.15. The van der Waals surface area contributed by atoms with Crippen LogP contribution in [0.15, 0.2) is 47.4 Å². The van der Waals surface area contributed by atoms with Gasteiger partial charge in [0.15, 0.2) is 0 Å². The van der Waals surface area contributed by atoms with Crippen molar-refractivity contribution < 1.29 is 9.53 Å². The quantitative estimate of drug-likeness (QED) is 0.778. The minimum atomic E-state index is -0.108. The van der Waals surface area contributed by atoms with Crippen molar-refractivity contribution in [2.45, 2.75) is 13.0 Å². The number of hydrogen-bond donors (Lipinski definition) is 1. The molecule has 25 heavy (non-hydrogen) atoms. The number of methoxy groups -OCH3 is 1. The van der Waals surface area contributed by atoms with E-state index < -0.39 is 0 Å². The van der Waals surface area contributed by atoms with E-state index in [1.807, 2.05) is 24.3 Å². The highest BCUT2D eigenvalue weighted by molar-refractivity contribution is 6.06. The van der Waals surface area contributed by atoms with Crippen molar-refractivity contribution >= 4 is 16.8 Å². The molecule has 0 atom stereocenters. The molecule has 0 aliphatic carbocycles. The molecule has 6 nitrogen and oxygen atoms in total. The SMILES string of the molecule is COc1cc(C(=O)N2CCc3cc(=O)[nH]cc3C2)c2ccccc2n1. The number of pyridine rings is 2. The molecule has 0 bridgehead atoms. The molecule has 126 valence electrons. The molecule has 0 saturated carbocycles. The summed E-state index contributed by atoms with van der Waals surface area (Å²) in [6.45, 7) is 1.05. The van der Waals surface area contributed by atoms with Crippen LogP contribution in [0.3, 0.4) is 0 Å². The first-order valence-electron chi connectivity index (χ1n) is 8.09. The Balaban J connectivity index is 1.73. The van der Waals surface area contributed by atoms with E-state index in [4.69, 9.17) is 4.74 Å². The van der Waals surface area contributed by atoms with Crippen molar-refractivity contribution in [2.24, 2.45) is 0 Å². The smallest absolute Gasteiger partial charge is 0.255 e. The molecule has 1 aliphatic heterocycles. The zero-order chi connectivity index (χ0) is 17.4. The number of carbonyl (C=O) groups excluding carboxylic acids is 1. The van der Waals surface area contributed by atoms with Gasteiger partial charge in [0.1, 0.15) is 0 Å². The lowest BCUT2D eigenvalue weighted by Crippen LogP contribution is -2.36. The van der Waals surface area contributed by atoms with Gasteiger partial charge in [-0.05, 0) is 23.6 Å². The van der Waals surface area contributed by atoms with E-state index in [0.29, 0.717) is 31.0 Å². The van der Waals surface area contributed by atoms with Crippen molar-refractivity contribution in [3.05, 3.63) is 69.6 Å². The molecule has 2 aromatic heterocycles. The average Bonchev–Trinajstić information content (AvgIpc) is 2.66. The van der Waals surface area contributed by atoms with E-state index in [-0.39, 0.29) is 11.5 Å². The number of rotatable bonds is 2. The predicted molar refractivity (Wildman–Crippen MR) is 93.8 cm³/mol. The van der Waals surface area contributed by atoms with Gasteiger partial charge in [-0.3, -0.25) is 9.59 Å². The molecule has 0 unspecified atom stereocenters. The molecular weight excluding hydrogens is 318 g/mol. The van der Waals surface area contributed by atoms with Gasteiger partial charge in [0.05, 0.1) is 18.2 Å². The van der Waals surface area contributed by atoms with Gasteiger partial charge < -0.3 is 14.6 Å². The van der Waals surface area contributed by atoms with Crippen LogP contribution in [0.1, 0.15) is 21.5 Å². The lowest BCUT2D eigenvalue weighted by atomic mass is 10.0. The highest BCUT2D eigenvalue weighted by Gasteiger charge is 2.24. The normalized spacial score (nSPS) is 13.6. The summed E-state index contributed by atoms with van der Waals surface area (Å²) in [5, 5.41) is 0.806. The molecule has 3 aromatic rings. The van der Waals surface area contributed by atoms with Gasteiger partial charge in [-0.2, -0.15) is 0 Å². The zero-order valence-corrected chi connectivity index (χ0v) is 13.8. The summed E-state index contributed by atoms with van der Waals surface area (Å²) < 4.78 is 5.25. The van der Waals surface area contributed by atoms with Crippen molar-refractivity contribution in [3.8, 4) is 5.88 Å². The second-order valence-electron chi connectivity index (χ2n) is 6.05. The minimum absolute atomic E-state index is 0.0613. The van der Waals surface area contributed by atoms with Crippen LogP contribution in [-0.4, -0.2) is 34.4 Å². The van der Waals surface area contributed by atoms with E-state index in [9.17, 15) is 9.59 Å². The van der Waals surface area contributed by atoms with Gasteiger partial charge in [0, 0.05) is 36.8 Å². The lowest BCUT2D eigenvalue weighted by molar-refractivity contribution is 0.0736. The Labute approximate surface area is 144 Å². The number of nitrogens with one attached hydrogen (secondary N) is 1. The molecule has 1 aromatic carbocycles. The van der Waals surface area contributed by atoms with Crippen LogP contribution in [0, 0.1) is 0 Å². The number of aromatic amines is 1. The topological polar surface area (TPSA) is 75.3 Å². The van der Waals surface area contributed by atoms with Crippen LogP contribution < -0.4 is 10.3 Å². The maximum absolute atomic E-state index is 13.1. The number of benzene rings is 1. The number of fused-ring (bicyclic) bond motifs is 2. The molecule has 0 spiro atoms. The number of aromatic nitrogens is 2. The monoisotopic (exact) mass is 335 g/mol. The molecule has 3 heterocycles. The van der Waals surface area contributed by atoms with E-state index in [1.165, 1.54) is 0 Å². The summed E-state index contributed by atoms with van der Waals surface area (Å²) in [6.07, 6.45) is 2.37. The van der Waals surface area contributed by atoms with Crippen LogP contribution in [0.2, 0.25) is 0 Å². The van der Waals surface area contributed by atoms with Gasteiger partial charge in [0.2, 0.25) is 11.4 Å². The maximum atomic E-state index is 13.1. The Morgan fingerprint density at radius 2 is 2.08 bits per heavy atom. The van der Waals surface area contributed by atoms with E-state index in [2.05, 4.69) is 9.97 Å². The second-order valence-corrected chi connectivity index (χ2v) is 6.05. The molecule has 4 rings (SSSR count). The summed E-state index contributed by atoms with van der Waals surface area (Å²) >= 11 is 0. The fourth-order valence-electron chi connectivity index (χ4n) is 3.24. The lowest BCUT2D eigenvalue weighted by Gasteiger charge is -2.29. The summed E-state index contributed by atoms with van der Waals surface area (Å²) in [6, 6.07) is 10.8. The third kappa shape index (κ3) is 2.76. The molecule has 0 saturated heterocycles. The Kier molecular flexibility index (Phi) is 3.72. The van der Waals surface area contributed by atoms with E-state index >= 15 is 0 Å². The summed E-state index contributed by atoms with van der Waals surface area (Å²) in [5.41, 5.74) is 3.18. The van der Waals surface area contributed by atoms with Crippen molar-refractivity contribution in [2.75, 3.05) is 13.7 Å². The van der Waals surface area contributed by atoms with Crippen molar-refractivity contribution in [3.63, 3.8) is 0 Å². The standard InChI is InChI=1S/C19H17N3O3/c1-25-18-9-15(14-4-2-3-5-16(14)21-18)19(24)22-7-6-12-8-17(23)20-10-13(12)11-22/h2-5,8-10H,6-7,11H2,1H3,(H,20,23). The maximum Gasteiger partial charge on any atom is 0.255 e. The molecule has 0 fully saturated rings. The average molecular weight is 335 g/mol. The van der Waals surface area contributed by atoms with Crippen LogP contribution in [0.25, 0.3) is 10.9 Å². The third-order valence-electron chi connectivity index (χ3n) is 4.54. The van der Waals surface area contributed by atoms with Crippen LogP contribution in [0.5, 0.6) is 5.88 Å². The van der Waals surface area contributed by atoms with Gasteiger partial charge in [-0.25, -0.2) is 4.98 Å². The van der Waals surface area contributed by atoms with E-state index in [1.54, 1.807) is 30.3 Å². The molecule has 1 amide bonds. The first-order valence-corrected chi connectivity index (χ1v) is 8.09. The van der Waals surface area contributed by atoms with E-state index in [0.717, 1.165) is 22.0 Å². The Bertz CT molecular complexity index is 1030. The summed E-state index contributed by atoms with van der Waals surface area (Å²) in [4.78, 5) is 33.4. The number of carbonyl (C=O) groups is 1. The first kappa shape index (κ1) is 15.4. The first-order chi connectivity index (χ1) is 12.2. The molecule has 1 N–H and O–H groups in total. The largest absolute Gasteiger partial charge is 0.481 e. The number of hydrogen-bond acceptors (Lipinski definition) is 4. The minimum Gasteiger partial charge on any atom is -0.481 e. The predicted octanol–water partition coefficient (Wildman–Crippen LogP) is 2.13. The van der Waals surface area contributed by atoms with Crippen LogP contribution in [0.4, 0.5) is 0 Å². The summed E-state index contributed by atoms with van der Waals surface area (Å²) in [5.74, 6) is 0.359. The van der Waals surface area contributed by atoms with Gasteiger partial charge >= 0.3 is 0 Å². The van der Waals surface area contributed by atoms with Crippen LogP contribution in [-0.2, 0) is 13.0 Å². The molecule has 0 radical (unpaired) electrons. The van der Waals surface area contributed by atoms with Gasteiger partial charge in [-0.15, -0.1) is 0 Å². The zero-order valence-electron chi connectivity index (χ0n) is 13.8.